The molecule has 2 aromatic rings. The van der Waals surface area contributed by atoms with Crippen LogP contribution in [0.25, 0.3) is 6.08 Å². The standard InChI is InChI=1S/C25H27N4O4/c1-3-33-23-15-20-18(13-19(27-20)17-7-9-25(31,10-8-17)11-12-26)14-21(23)28-24(30)22-6-4-5-16(2)29(22)32/h4-6,13-15,17,31H,3,7-11H2,1-2H3,(H,30,32)/q+1/p+1. The van der Waals surface area contributed by atoms with Crippen LogP contribution in [0.5, 0.6) is 5.75 Å². The van der Waals surface area contributed by atoms with Gasteiger partial charge in [0.15, 0.2) is 5.75 Å². The van der Waals surface area contributed by atoms with Gasteiger partial charge < -0.3 is 15.2 Å². The first kappa shape index (κ1) is 22.5. The third-order valence-electron chi connectivity index (χ3n) is 6.36. The van der Waals surface area contributed by atoms with Crippen molar-refractivity contribution in [1.82, 2.24) is 4.67 Å². The summed E-state index contributed by atoms with van der Waals surface area (Å²) in [5, 5.41) is 34.1. The van der Waals surface area contributed by atoms with E-state index in [0.717, 1.165) is 33.9 Å². The van der Waals surface area contributed by atoms with E-state index < -0.39 is 11.5 Å². The van der Waals surface area contributed by atoms with E-state index in [4.69, 9.17) is 14.7 Å². The van der Waals surface area contributed by atoms with Crippen LogP contribution in [-0.2, 0) is 0 Å². The van der Waals surface area contributed by atoms with Crippen LogP contribution < -0.4 is 30.0 Å². The number of amides is 1. The fraction of sp³-hybridized carbons (Fsp3) is 0.400. The number of anilines is 1. The smallest absolute Gasteiger partial charge is 0.338 e. The summed E-state index contributed by atoms with van der Waals surface area (Å²) >= 11 is 0. The van der Waals surface area contributed by atoms with E-state index in [1.54, 1.807) is 25.1 Å². The van der Waals surface area contributed by atoms with Crippen LogP contribution in [0.4, 0.5) is 5.69 Å². The number of hydrogen-bond donors (Lipinski definition) is 3. The molecule has 0 bridgehead atoms. The maximum absolute atomic E-state index is 12.8. The highest BCUT2D eigenvalue weighted by Gasteiger charge is 2.38. The Morgan fingerprint density at radius 2 is 2.12 bits per heavy atom. The lowest BCUT2D eigenvalue weighted by molar-refractivity contribution is -0.909. The highest BCUT2D eigenvalue weighted by atomic mass is 16.5. The average Bonchev–Trinajstić information content (AvgIpc) is 3.19. The predicted octanol–water partition coefficient (Wildman–Crippen LogP) is 0.928. The summed E-state index contributed by atoms with van der Waals surface area (Å²) in [6.07, 6.45) is 4.88. The number of benzene rings is 1. The maximum Gasteiger partial charge on any atom is 0.338 e. The van der Waals surface area contributed by atoms with Crippen molar-refractivity contribution >= 4 is 23.4 Å². The molecule has 2 aliphatic rings. The van der Waals surface area contributed by atoms with Gasteiger partial charge in [-0.05, 0) is 44.7 Å². The molecule has 1 aromatic carbocycles. The van der Waals surface area contributed by atoms with Gasteiger partial charge in [0, 0.05) is 29.9 Å². The molecule has 0 atom stereocenters. The number of hydrogen-bond acceptors (Lipinski definition) is 5. The Labute approximate surface area is 191 Å². The van der Waals surface area contributed by atoms with Crippen LogP contribution in [0.15, 0.2) is 30.3 Å². The van der Waals surface area contributed by atoms with E-state index in [2.05, 4.69) is 11.4 Å². The van der Waals surface area contributed by atoms with Crippen molar-refractivity contribution in [2.75, 3.05) is 11.9 Å². The van der Waals surface area contributed by atoms with Gasteiger partial charge in [-0.3, -0.25) is 10.0 Å². The lowest BCUT2D eigenvalue weighted by Gasteiger charge is -2.32. The van der Waals surface area contributed by atoms with Crippen molar-refractivity contribution in [3.8, 4) is 11.8 Å². The highest BCUT2D eigenvalue weighted by Crippen LogP contribution is 2.34. The van der Waals surface area contributed by atoms with Crippen molar-refractivity contribution < 1.29 is 24.6 Å². The van der Waals surface area contributed by atoms with Crippen LogP contribution >= 0.6 is 0 Å². The summed E-state index contributed by atoms with van der Waals surface area (Å²) in [4.78, 5) is 12.8. The number of ether oxygens (including phenoxy) is 1. The van der Waals surface area contributed by atoms with Crippen LogP contribution in [0.1, 0.15) is 55.2 Å². The molecule has 1 aliphatic carbocycles. The fourth-order valence-corrected chi connectivity index (χ4v) is 4.45. The molecular weight excluding hydrogens is 420 g/mol. The second kappa shape index (κ2) is 9.07. The van der Waals surface area contributed by atoms with Gasteiger partial charge in [0.05, 0.1) is 47.6 Å². The highest BCUT2D eigenvalue weighted by molar-refractivity contribution is 6.11. The summed E-state index contributed by atoms with van der Waals surface area (Å²) in [5.41, 5.74) is 1.22. The van der Waals surface area contributed by atoms with Gasteiger partial charge >= 0.3 is 22.7 Å². The number of nitrogens with one attached hydrogen (secondary N) is 1. The molecule has 33 heavy (non-hydrogen) atoms. The molecule has 0 spiro atoms. The first-order chi connectivity index (χ1) is 15.8. The van der Waals surface area contributed by atoms with E-state index in [9.17, 15) is 15.1 Å². The van der Waals surface area contributed by atoms with E-state index >= 15 is 0 Å². The van der Waals surface area contributed by atoms with Gasteiger partial charge in [-0.1, -0.05) is 4.67 Å². The molecule has 4 rings (SSSR count). The number of rotatable bonds is 6. The monoisotopic (exact) mass is 448 g/mol. The van der Waals surface area contributed by atoms with Gasteiger partial charge in [-0.25, -0.2) is 0 Å². The summed E-state index contributed by atoms with van der Waals surface area (Å²) in [7, 11) is 0. The Morgan fingerprint density at radius 1 is 1.36 bits per heavy atom. The van der Waals surface area contributed by atoms with Gasteiger partial charge in [0.2, 0.25) is 5.69 Å². The van der Waals surface area contributed by atoms with Crippen LogP contribution in [0.3, 0.4) is 0 Å². The molecule has 8 heteroatoms. The number of aliphatic hydroxyl groups is 1. The minimum atomic E-state index is -0.893. The third-order valence-corrected chi connectivity index (χ3v) is 6.36. The molecule has 1 aromatic heterocycles. The number of nitriles is 1. The molecule has 1 amide bonds. The van der Waals surface area contributed by atoms with Gasteiger partial charge in [0.1, 0.15) is 0 Å². The zero-order chi connectivity index (χ0) is 23.6. The third kappa shape index (κ3) is 4.61. The molecule has 0 saturated heterocycles. The number of carbonyl (C=O) groups excluding carboxylic acids is 1. The molecular formula is C25H28N4O4+2. The first-order valence-corrected chi connectivity index (χ1v) is 11.2. The number of carbonyl (C=O) groups is 1. The van der Waals surface area contributed by atoms with E-state index in [0.29, 0.717) is 36.6 Å². The van der Waals surface area contributed by atoms with Gasteiger partial charge in [0.25, 0.3) is 0 Å². The van der Waals surface area contributed by atoms with Crippen LogP contribution in [0, 0.1) is 24.2 Å². The number of aromatic nitrogens is 1. The molecule has 0 radical (unpaired) electrons. The SMILES string of the molecule is CCOc1cc2c(cc1NC(=O)c1cccc(C)[n+]1O)=CC(C1CCC(O)(CC#N)CC1)=[N+]=2. The van der Waals surface area contributed by atoms with E-state index in [-0.39, 0.29) is 18.0 Å². The lowest BCUT2D eigenvalue weighted by Crippen LogP contribution is -2.42. The van der Waals surface area contributed by atoms with Gasteiger partial charge in [-0.2, -0.15) is 5.26 Å². The Hall–Kier alpha value is -3.66. The van der Waals surface area contributed by atoms with Gasteiger partial charge in [-0.15, -0.1) is 0 Å². The number of pyridine rings is 1. The molecule has 1 saturated carbocycles. The second-order valence-electron chi connectivity index (χ2n) is 8.67. The van der Waals surface area contributed by atoms with Crippen molar-refractivity contribution in [1.29, 1.82) is 5.26 Å². The Kier molecular flexibility index (Phi) is 6.19. The molecule has 1 aliphatic heterocycles. The van der Waals surface area contributed by atoms with Crippen LogP contribution in [-0.4, -0.2) is 34.1 Å². The van der Waals surface area contributed by atoms with Crippen molar-refractivity contribution in [2.45, 2.75) is 51.6 Å². The van der Waals surface area contributed by atoms with Crippen molar-refractivity contribution in [3.05, 3.63) is 52.3 Å². The Morgan fingerprint density at radius 3 is 2.82 bits per heavy atom. The molecule has 3 N–H and O–H groups in total. The summed E-state index contributed by atoms with van der Waals surface area (Å²) < 4.78 is 11.4. The minimum absolute atomic E-state index is 0.117. The largest absolute Gasteiger partial charge is 0.491 e. The molecule has 170 valence electrons. The maximum atomic E-state index is 12.8. The molecule has 8 nitrogen and oxygen atoms in total. The van der Waals surface area contributed by atoms with E-state index in [1.165, 1.54) is 0 Å². The average molecular weight is 449 g/mol. The summed E-state index contributed by atoms with van der Waals surface area (Å²) in [5.74, 6) is 0.267. The molecule has 1 fully saturated rings. The normalized spacial score (nSPS) is 21.2. The quantitative estimate of drug-likeness (QED) is 0.345. The zero-order valence-electron chi connectivity index (χ0n) is 18.8. The minimum Gasteiger partial charge on any atom is -0.491 e. The number of fused-ring (bicyclic) bond motifs is 1. The van der Waals surface area contributed by atoms with E-state index in [1.807, 2.05) is 25.1 Å². The van der Waals surface area contributed by atoms with Crippen molar-refractivity contribution in [3.63, 3.8) is 0 Å². The summed E-state index contributed by atoms with van der Waals surface area (Å²) in [6.45, 7) is 4.00. The summed E-state index contributed by atoms with van der Waals surface area (Å²) in [6, 6.07) is 10.7. The molecule has 0 unspecified atom stereocenters. The number of aryl methyl sites for hydroxylation is 1. The lowest BCUT2D eigenvalue weighted by atomic mass is 9.76. The fourth-order valence-electron chi connectivity index (χ4n) is 4.45. The topological polar surface area (TPSA) is 121 Å². The van der Waals surface area contributed by atoms with Crippen molar-refractivity contribution in [2.24, 2.45) is 5.92 Å². The predicted molar refractivity (Wildman–Crippen MR) is 121 cm³/mol. The number of nitrogens with zero attached hydrogens (tertiary/aromatic N) is 3. The zero-order valence-corrected chi connectivity index (χ0v) is 18.8. The first-order valence-electron chi connectivity index (χ1n) is 11.2. The molecule has 2 heterocycles. The Bertz CT molecular complexity index is 1300. The van der Waals surface area contributed by atoms with Crippen LogP contribution in [0.2, 0.25) is 0 Å². The Balaban J connectivity index is 1.61. The second-order valence-corrected chi connectivity index (χ2v) is 8.67.